The van der Waals surface area contributed by atoms with Crippen LogP contribution in [0.5, 0.6) is 0 Å². The fourth-order valence-corrected chi connectivity index (χ4v) is 2.21. The van der Waals surface area contributed by atoms with E-state index < -0.39 is 0 Å². The van der Waals surface area contributed by atoms with Gasteiger partial charge in [-0.2, -0.15) is 0 Å². The number of amidine groups is 1. The van der Waals surface area contributed by atoms with Gasteiger partial charge >= 0.3 is 0 Å². The summed E-state index contributed by atoms with van der Waals surface area (Å²) in [5.41, 5.74) is 5.69. The molecule has 2 atom stereocenters. The number of hydrogen-bond donors (Lipinski definition) is 3. The lowest BCUT2D eigenvalue weighted by atomic mass is 9.81. The van der Waals surface area contributed by atoms with Crippen LogP contribution in [-0.4, -0.2) is 25.3 Å². The van der Waals surface area contributed by atoms with Gasteiger partial charge in [0.1, 0.15) is 0 Å². The molecule has 82 valence electrons. The maximum Gasteiger partial charge on any atom is 0.153 e. The highest BCUT2D eigenvalue weighted by atomic mass is 32.1. The van der Waals surface area contributed by atoms with E-state index in [1.165, 1.54) is 25.7 Å². The minimum atomic E-state index is 0.734. The van der Waals surface area contributed by atoms with E-state index in [2.05, 4.69) is 22.9 Å². The fraction of sp³-hybridized carbons (Fsp3) is 0.900. The number of hydrogen-bond acceptors (Lipinski definition) is 2. The van der Waals surface area contributed by atoms with Gasteiger partial charge in [-0.3, -0.25) is 4.99 Å². The Morgan fingerprint density at radius 3 is 2.86 bits per heavy atom. The third-order valence-electron chi connectivity index (χ3n) is 2.99. The lowest BCUT2D eigenvalue weighted by Crippen LogP contribution is -2.31. The maximum absolute atomic E-state index is 5.69. The van der Waals surface area contributed by atoms with Crippen molar-refractivity contribution in [3.8, 4) is 0 Å². The summed E-state index contributed by atoms with van der Waals surface area (Å²) in [7, 11) is 1.75. The van der Waals surface area contributed by atoms with E-state index in [-0.39, 0.29) is 0 Å². The molecular formula is C10H21N3S. The van der Waals surface area contributed by atoms with Crippen LogP contribution in [0.2, 0.25) is 0 Å². The molecule has 0 amide bonds. The van der Waals surface area contributed by atoms with Crippen LogP contribution in [0.25, 0.3) is 0 Å². The average Bonchev–Trinajstić information content (AvgIpc) is 2.26. The molecule has 1 fully saturated rings. The molecule has 1 rings (SSSR count). The summed E-state index contributed by atoms with van der Waals surface area (Å²) in [5, 5.41) is 3.96. The lowest BCUT2D eigenvalue weighted by Gasteiger charge is -2.28. The Hall–Kier alpha value is -0.220. The molecule has 0 radical (unpaired) electrons. The third-order valence-corrected chi connectivity index (χ3v) is 3.34. The summed E-state index contributed by atoms with van der Waals surface area (Å²) in [4.78, 5) is 3.96. The minimum absolute atomic E-state index is 0.734. The highest BCUT2D eigenvalue weighted by Gasteiger charge is 2.20. The SMILES string of the molecule is C/N=C(\S)NCC1CCCC(CN)C1. The normalized spacial score (nSPS) is 28.9. The first kappa shape index (κ1) is 11.9. The van der Waals surface area contributed by atoms with E-state index in [0.717, 1.165) is 30.1 Å². The van der Waals surface area contributed by atoms with E-state index in [1.54, 1.807) is 7.05 Å². The topological polar surface area (TPSA) is 50.4 Å². The molecule has 1 saturated carbocycles. The van der Waals surface area contributed by atoms with E-state index in [4.69, 9.17) is 5.73 Å². The van der Waals surface area contributed by atoms with Crippen molar-refractivity contribution < 1.29 is 0 Å². The first-order valence-electron chi connectivity index (χ1n) is 5.36. The zero-order chi connectivity index (χ0) is 10.4. The number of rotatable bonds is 3. The van der Waals surface area contributed by atoms with E-state index in [0.29, 0.717) is 0 Å². The van der Waals surface area contributed by atoms with Crippen LogP contribution >= 0.6 is 12.6 Å². The zero-order valence-corrected chi connectivity index (χ0v) is 9.76. The predicted molar refractivity (Wildman–Crippen MR) is 64.9 cm³/mol. The monoisotopic (exact) mass is 215 g/mol. The van der Waals surface area contributed by atoms with Crippen LogP contribution < -0.4 is 11.1 Å². The number of nitrogens with two attached hydrogens (primary N) is 1. The second-order valence-electron chi connectivity index (χ2n) is 4.06. The first-order valence-corrected chi connectivity index (χ1v) is 5.80. The van der Waals surface area contributed by atoms with Gasteiger partial charge in [-0.05, 0) is 37.6 Å². The quantitative estimate of drug-likeness (QED) is 0.377. The lowest BCUT2D eigenvalue weighted by molar-refractivity contribution is 0.272. The van der Waals surface area contributed by atoms with Crippen LogP contribution in [0.4, 0.5) is 0 Å². The predicted octanol–water partition coefficient (Wildman–Crippen LogP) is 1.26. The second-order valence-corrected chi connectivity index (χ2v) is 4.49. The van der Waals surface area contributed by atoms with Gasteiger partial charge in [0.25, 0.3) is 0 Å². The summed E-state index contributed by atoms with van der Waals surface area (Å²) >= 11 is 4.19. The Morgan fingerprint density at radius 1 is 1.50 bits per heavy atom. The van der Waals surface area contributed by atoms with Crippen LogP contribution in [0, 0.1) is 11.8 Å². The molecule has 0 saturated heterocycles. The standard InChI is InChI=1S/C10H21N3S/c1-12-10(14)13-7-9-4-2-3-8(5-9)6-11/h8-9H,2-7,11H2,1H3,(H2,12,13,14). The Morgan fingerprint density at radius 2 is 2.21 bits per heavy atom. The smallest absolute Gasteiger partial charge is 0.153 e. The highest BCUT2D eigenvalue weighted by molar-refractivity contribution is 7.96. The Kier molecular flexibility index (Phi) is 5.33. The highest BCUT2D eigenvalue weighted by Crippen LogP contribution is 2.27. The molecule has 2 unspecified atom stereocenters. The summed E-state index contributed by atoms with van der Waals surface area (Å²) < 4.78 is 0. The van der Waals surface area contributed by atoms with Crippen molar-refractivity contribution in [3.05, 3.63) is 0 Å². The number of thiol groups is 1. The molecule has 14 heavy (non-hydrogen) atoms. The molecule has 1 aliphatic rings. The Bertz CT molecular complexity index is 194. The molecule has 1 aliphatic carbocycles. The van der Waals surface area contributed by atoms with Gasteiger partial charge in [0.15, 0.2) is 5.17 Å². The van der Waals surface area contributed by atoms with Crippen molar-refractivity contribution in [2.45, 2.75) is 25.7 Å². The number of nitrogens with zero attached hydrogens (tertiary/aromatic N) is 1. The van der Waals surface area contributed by atoms with Crippen molar-refractivity contribution in [2.75, 3.05) is 20.1 Å². The maximum atomic E-state index is 5.69. The van der Waals surface area contributed by atoms with Crippen molar-refractivity contribution >= 4 is 17.8 Å². The molecule has 4 heteroatoms. The number of aliphatic imine (C=N–C) groups is 1. The molecular weight excluding hydrogens is 194 g/mol. The van der Waals surface area contributed by atoms with Gasteiger partial charge in [-0.1, -0.05) is 6.42 Å². The van der Waals surface area contributed by atoms with E-state index >= 15 is 0 Å². The molecule has 0 aromatic heterocycles. The number of nitrogens with one attached hydrogen (secondary N) is 1. The largest absolute Gasteiger partial charge is 0.365 e. The molecule has 0 aromatic carbocycles. The van der Waals surface area contributed by atoms with Crippen molar-refractivity contribution in [1.82, 2.24) is 5.32 Å². The van der Waals surface area contributed by atoms with Crippen molar-refractivity contribution in [1.29, 1.82) is 0 Å². The molecule has 3 N–H and O–H groups in total. The first-order chi connectivity index (χ1) is 6.76. The van der Waals surface area contributed by atoms with Crippen LogP contribution in [0.15, 0.2) is 4.99 Å². The average molecular weight is 215 g/mol. The van der Waals surface area contributed by atoms with Crippen LogP contribution in [-0.2, 0) is 0 Å². The third kappa shape index (κ3) is 3.88. The van der Waals surface area contributed by atoms with E-state index in [9.17, 15) is 0 Å². The van der Waals surface area contributed by atoms with E-state index in [1.807, 2.05) is 0 Å². The van der Waals surface area contributed by atoms with Gasteiger partial charge in [0.2, 0.25) is 0 Å². The van der Waals surface area contributed by atoms with Crippen LogP contribution in [0.3, 0.4) is 0 Å². The van der Waals surface area contributed by atoms with Crippen molar-refractivity contribution in [3.63, 3.8) is 0 Å². The molecule has 0 bridgehead atoms. The van der Waals surface area contributed by atoms with Gasteiger partial charge < -0.3 is 11.1 Å². The summed E-state index contributed by atoms with van der Waals surface area (Å²) in [6, 6.07) is 0. The van der Waals surface area contributed by atoms with Crippen LogP contribution in [0.1, 0.15) is 25.7 Å². The van der Waals surface area contributed by atoms with Gasteiger partial charge in [-0.15, -0.1) is 12.6 Å². The zero-order valence-electron chi connectivity index (χ0n) is 8.87. The Labute approximate surface area is 92.0 Å². The van der Waals surface area contributed by atoms with Gasteiger partial charge in [-0.25, -0.2) is 0 Å². The molecule has 0 spiro atoms. The fourth-order valence-electron chi connectivity index (χ4n) is 2.12. The Balaban J connectivity index is 2.24. The molecule has 0 heterocycles. The molecule has 3 nitrogen and oxygen atoms in total. The van der Waals surface area contributed by atoms with Gasteiger partial charge in [0.05, 0.1) is 0 Å². The molecule has 0 aliphatic heterocycles. The summed E-state index contributed by atoms with van der Waals surface area (Å²) in [5.74, 6) is 1.48. The summed E-state index contributed by atoms with van der Waals surface area (Å²) in [6.07, 6.45) is 5.20. The van der Waals surface area contributed by atoms with Gasteiger partial charge in [0, 0.05) is 13.6 Å². The summed E-state index contributed by atoms with van der Waals surface area (Å²) in [6.45, 7) is 1.83. The second kappa shape index (κ2) is 6.30. The minimum Gasteiger partial charge on any atom is -0.365 e. The van der Waals surface area contributed by atoms with Crippen molar-refractivity contribution in [2.24, 2.45) is 22.6 Å². The molecule has 0 aromatic rings.